The van der Waals surface area contributed by atoms with Gasteiger partial charge in [0, 0.05) is 23.7 Å². The van der Waals surface area contributed by atoms with Crippen LogP contribution in [-0.2, 0) is 24.7 Å². The van der Waals surface area contributed by atoms with Gasteiger partial charge in [-0.3, -0.25) is 19.5 Å². The minimum atomic E-state index is -0.652. The number of nitrogens with zero attached hydrogens (tertiary/aromatic N) is 2. The van der Waals surface area contributed by atoms with Gasteiger partial charge < -0.3 is 14.8 Å². The van der Waals surface area contributed by atoms with Crippen LogP contribution in [0.5, 0.6) is 11.5 Å². The summed E-state index contributed by atoms with van der Waals surface area (Å²) in [5, 5.41) is 6.07. The molecular weight excluding hydrogens is 464 g/mol. The van der Waals surface area contributed by atoms with Crippen LogP contribution < -0.4 is 25.7 Å². The number of aryl methyl sites for hydroxylation is 2. The molecule has 1 aliphatic heterocycles. The number of ether oxygens (including phenoxy) is 2. The van der Waals surface area contributed by atoms with Crippen LogP contribution >= 0.6 is 23.1 Å². The molecule has 172 valence electrons. The first kappa shape index (κ1) is 21.8. The van der Waals surface area contributed by atoms with Gasteiger partial charge in [0.1, 0.15) is 18.0 Å². The van der Waals surface area contributed by atoms with E-state index in [2.05, 4.69) is 15.6 Å². The molecule has 11 heteroatoms. The second kappa shape index (κ2) is 9.06. The maximum atomic E-state index is 12.9. The number of amides is 3. The fraction of sp³-hybridized carbons (Fsp3) is 0.364. The molecule has 9 nitrogen and oxygen atoms in total. The van der Waals surface area contributed by atoms with Crippen molar-refractivity contribution in [3.63, 3.8) is 0 Å². The van der Waals surface area contributed by atoms with E-state index >= 15 is 0 Å². The number of carbonyl (C=O) groups is 2. The normalized spacial score (nSPS) is 14.6. The summed E-state index contributed by atoms with van der Waals surface area (Å²) < 4.78 is 12.4. The molecule has 0 saturated carbocycles. The fourth-order valence-electron chi connectivity index (χ4n) is 3.97. The molecule has 0 radical (unpaired) electrons. The number of benzene rings is 1. The van der Waals surface area contributed by atoms with Crippen molar-refractivity contribution in [1.29, 1.82) is 0 Å². The molecule has 0 fully saturated rings. The van der Waals surface area contributed by atoms with E-state index < -0.39 is 11.9 Å². The van der Waals surface area contributed by atoms with Crippen LogP contribution in [0.4, 0.5) is 10.5 Å². The van der Waals surface area contributed by atoms with E-state index in [1.807, 2.05) is 0 Å². The molecule has 2 aromatic heterocycles. The van der Waals surface area contributed by atoms with E-state index in [0.29, 0.717) is 40.9 Å². The molecule has 3 aromatic rings. The monoisotopic (exact) mass is 486 g/mol. The highest BCUT2D eigenvalue weighted by Crippen LogP contribution is 2.35. The van der Waals surface area contributed by atoms with Gasteiger partial charge in [0.25, 0.3) is 5.56 Å². The Hall–Kier alpha value is -3.05. The summed E-state index contributed by atoms with van der Waals surface area (Å²) in [6, 6.07) is 4.36. The molecule has 0 unspecified atom stereocenters. The minimum Gasteiger partial charge on any atom is -0.486 e. The van der Waals surface area contributed by atoms with Crippen LogP contribution in [0.15, 0.2) is 28.2 Å². The summed E-state index contributed by atoms with van der Waals surface area (Å²) in [6.45, 7) is 0.920. The Kier molecular flexibility index (Phi) is 5.98. The van der Waals surface area contributed by atoms with Crippen molar-refractivity contribution in [3.05, 3.63) is 39.0 Å². The number of hydrogen-bond donors (Lipinski definition) is 2. The smallest absolute Gasteiger partial charge is 0.325 e. The van der Waals surface area contributed by atoms with E-state index in [4.69, 9.17) is 9.47 Å². The Bertz CT molecular complexity index is 1320. The number of rotatable bonds is 4. The third-order valence-electron chi connectivity index (χ3n) is 5.54. The number of fused-ring (bicyclic) bond motifs is 4. The Morgan fingerprint density at radius 2 is 1.97 bits per heavy atom. The molecule has 1 aliphatic carbocycles. The van der Waals surface area contributed by atoms with Crippen LogP contribution in [0.1, 0.15) is 23.3 Å². The van der Waals surface area contributed by atoms with Crippen molar-refractivity contribution >= 4 is 50.9 Å². The first-order chi connectivity index (χ1) is 16.0. The Labute approximate surface area is 197 Å². The van der Waals surface area contributed by atoms with Gasteiger partial charge in [0.15, 0.2) is 16.7 Å². The summed E-state index contributed by atoms with van der Waals surface area (Å²) >= 11 is 2.70. The van der Waals surface area contributed by atoms with Crippen LogP contribution in [0.3, 0.4) is 0 Å². The maximum Gasteiger partial charge on any atom is 0.325 e. The largest absolute Gasteiger partial charge is 0.486 e. The van der Waals surface area contributed by atoms with Crippen molar-refractivity contribution in [1.82, 2.24) is 14.9 Å². The lowest BCUT2D eigenvalue weighted by molar-refractivity contribution is -0.117. The van der Waals surface area contributed by atoms with Crippen LogP contribution in [0, 0.1) is 0 Å². The van der Waals surface area contributed by atoms with Gasteiger partial charge in [-0.05, 0) is 43.4 Å². The lowest BCUT2D eigenvalue weighted by Gasteiger charge is -2.19. The summed E-state index contributed by atoms with van der Waals surface area (Å²) in [5.41, 5.74) is 1.53. The van der Waals surface area contributed by atoms with Gasteiger partial charge in [0.05, 0.1) is 11.1 Å². The van der Waals surface area contributed by atoms with Gasteiger partial charge in [-0.1, -0.05) is 11.8 Å². The standard InChI is InChI=1S/C22H22N4O5S2/c1-26-20(28)18-13-4-2-3-5-16(13)33-19(18)25-22(26)32-11-17(27)24-21(29)23-12-6-7-14-15(10-12)31-9-8-30-14/h6-7,10H,2-5,8-9,11H2,1H3,(H2,23,24,27,29). The number of hydrogen-bond acceptors (Lipinski definition) is 8. The number of nitrogens with one attached hydrogen (secondary N) is 2. The second-order valence-electron chi connectivity index (χ2n) is 7.80. The molecular formula is C22H22N4O5S2. The molecule has 0 atom stereocenters. The topological polar surface area (TPSA) is 112 Å². The Morgan fingerprint density at radius 3 is 2.82 bits per heavy atom. The lowest BCUT2D eigenvalue weighted by Crippen LogP contribution is -2.35. The van der Waals surface area contributed by atoms with Crippen molar-refractivity contribution < 1.29 is 19.1 Å². The molecule has 33 heavy (non-hydrogen) atoms. The highest BCUT2D eigenvalue weighted by Gasteiger charge is 2.22. The zero-order valence-corrected chi connectivity index (χ0v) is 19.6. The fourth-order valence-corrected chi connectivity index (χ4v) is 6.05. The van der Waals surface area contributed by atoms with Crippen molar-refractivity contribution in [2.45, 2.75) is 30.8 Å². The Balaban J connectivity index is 1.22. The van der Waals surface area contributed by atoms with Gasteiger partial charge in [-0.25, -0.2) is 9.78 Å². The number of anilines is 1. The molecule has 3 amide bonds. The lowest BCUT2D eigenvalue weighted by atomic mass is 9.97. The average molecular weight is 487 g/mol. The van der Waals surface area contributed by atoms with Crippen molar-refractivity contribution in [2.24, 2.45) is 7.05 Å². The predicted octanol–water partition coefficient (Wildman–Crippen LogP) is 3.09. The van der Waals surface area contributed by atoms with E-state index in [9.17, 15) is 14.4 Å². The minimum absolute atomic E-state index is 0.0502. The van der Waals surface area contributed by atoms with Crippen LogP contribution in [0.2, 0.25) is 0 Å². The first-order valence-corrected chi connectivity index (χ1v) is 12.4. The molecule has 5 rings (SSSR count). The third-order valence-corrected chi connectivity index (χ3v) is 7.76. The summed E-state index contributed by atoms with van der Waals surface area (Å²) in [5.74, 6) is 0.612. The number of thiophene rings is 1. The number of carbonyl (C=O) groups excluding carboxylic acids is 2. The second-order valence-corrected chi connectivity index (χ2v) is 9.83. The van der Waals surface area contributed by atoms with Crippen LogP contribution in [-0.4, -0.2) is 40.5 Å². The van der Waals surface area contributed by atoms with E-state index in [1.54, 1.807) is 36.6 Å². The molecule has 2 N–H and O–H groups in total. The number of thioether (sulfide) groups is 1. The van der Waals surface area contributed by atoms with E-state index in [0.717, 1.165) is 47.8 Å². The van der Waals surface area contributed by atoms with E-state index in [1.165, 1.54) is 9.44 Å². The average Bonchev–Trinajstić information content (AvgIpc) is 3.18. The summed E-state index contributed by atoms with van der Waals surface area (Å²) in [4.78, 5) is 44.1. The molecule has 3 heterocycles. The zero-order valence-electron chi connectivity index (χ0n) is 17.9. The van der Waals surface area contributed by atoms with Gasteiger partial charge in [0.2, 0.25) is 5.91 Å². The molecule has 2 aliphatic rings. The predicted molar refractivity (Wildman–Crippen MR) is 127 cm³/mol. The Morgan fingerprint density at radius 1 is 1.18 bits per heavy atom. The maximum absolute atomic E-state index is 12.9. The SMILES string of the molecule is Cn1c(SCC(=O)NC(=O)Nc2ccc3c(c2)OCCO3)nc2sc3c(c2c1=O)CCCC3. The summed E-state index contributed by atoms with van der Waals surface area (Å²) in [7, 11) is 1.66. The first-order valence-electron chi connectivity index (χ1n) is 10.6. The van der Waals surface area contributed by atoms with Gasteiger partial charge in [-0.15, -0.1) is 11.3 Å². The third kappa shape index (κ3) is 4.42. The van der Waals surface area contributed by atoms with Crippen LogP contribution in [0.25, 0.3) is 10.2 Å². The molecule has 0 bridgehead atoms. The van der Waals surface area contributed by atoms with E-state index in [-0.39, 0.29) is 11.3 Å². The van der Waals surface area contributed by atoms with Crippen molar-refractivity contribution in [3.8, 4) is 11.5 Å². The molecule has 0 spiro atoms. The van der Waals surface area contributed by atoms with Crippen molar-refractivity contribution in [2.75, 3.05) is 24.3 Å². The molecule has 0 saturated heterocycles. The number of urea groups is 1. The number of aromatic nitrogens is 2. The number of imide groups is 1. The quantitative estimate of drug-likeness (QED) is 0.431. The zero-order chi connectivity index (χ0) is 22.9. The summed E-state index contributed by atoms with van der Waals surface area (Å²) in [6.07, 6.45) is 4.13. The van der Waals surface area contributed by atoms with Gasteiger partial charge >= 0.3 is 6.03 Å². The molecule has 1 aromatic carbocycles. The van der Waals surface area contributed by atoms with Gasteiger partial charge in [-0.2, -0.15) is 0 Å². The highest BCUT2D eigenvalue weighted by molar-refractivity contribution is 7.99. The highest BCUT2D eigenvalue weighted by atomic mass is 32.2.